The third-order valence-electron chi connectivity index (χ3n) is 4.45. The molecule has 0 unspecified atom stereocenters. The third kappa shape index (κ3) is 10.9. The summed E-state index contributed by atoms with van der Waals surface area (Å²) >= 11 is 0. The lowest BCUT2D eigenvalue weighted by atomic mass is 10.1. The maximum Gasteiger partial charge on any atom is 0.243 e. The molecule has 0 bridgehead atoms. The van der Waals surface area contributed by atoms with Crippen LogP contribution < -0.4 is 38.9 Å². The average Bonchev–Trinajstić information content (AvgIpc) is 2.74. The molecule has 0 aliphatic rings. The van der Waals surface area contributed by atoms with E-state index in [0.717, 1.165) is 0 Å². The van der Waals surface area contributed by atoms with E-state index in [0.29, 0.717) is 12.0 Å². The molecule has 1 aromatic rings. The van der Waals surface area contributed by atoms with Crippen LogP contribution in [0.5, 0.6) is 0 Å². The fraction of sp³-hybridized carbons (Fsp3) is 0.450. The molecule has 0 spiro atoms. The predicted molar refractivity (Wildman–Crippen MR) is 120 cm³/mol. The number of nitrogens with one attached hydrogen (secondary N) is 3. The van der Waals surface area contributed by atoms with Gasteiger partial charge in [-0.1, -0.05) is 12.1 Å². The molecule has 0 saturated heterocycles. The summed E-state index contributed by atoms with van der Waals surface area (Å²) in [6.07, 6.45) is 0.618. The number of nitrogens with zero attached hydrogens (tertiary/aromatic N) is 1. The van der Waals surface area contributed by atoms with Crippen molar-refractivity contribution in [2.24, 2.45) is 27.9 Å². The lowest BCUT2D eigenvalue weighted by Crippen LogP contribution is -2.53. The number of guanidine groups is 1. The van der Waals surface area contributed by atoms with Crippen LogP contribution in [0.3, 0.4) is 0 Å². The molecule has 1 aromatic carbocycles. The second kappa shape index (κ2) is 13.6. The Hall–Kier alpha value is -3.74. The van der Waals surface area contributed by atoms with Crippen LogP contribution >= 0.6 is 0 Å². The SMILES string of the molecule is C[C@H](N)C(=O)N[C@@H](CCCN=C(N)N)C(=O)NCC(=O)N[C@@H](Cc1ccc(F)cc1)C(N)=O. The topological polar surface area (TPSA) is 221 Å². The van der Waals surface area contributed by atoms with Gasteiger partial charge in [0.15, 0.2) is 5.96 Å². The quantitative estimate of drug-likeness (QED) is 0.0927. The first-order valence-electron chi connectivity index (χ1n) is 10.2. The van der Waals surface area contributed by atoms with Crippen molar-refractivity contribution in [1.29, 1.82) is 0 Å². The average molecular weight is 467 g/mol. The summed E-state index contributed by atoms with van der Waals surface area (Å²) in [6.45, 7) is 1.23. The van der Waals surface area contributed by atoms with Gasteiger partial charge in [0.05, 0.1) is 12.6 Å². The van der Waals surface area contributed by atoms with Gasteiger partial charge in [0.2, 0.25) is 23.6 Å². The highest BCUT2D eigenvalue weighted by Gasteiger charge is 2.23. The van der Waals surface area contributed by atoms with Gasteiger partial charge in [-0.3, -0.25) is 24.2 Å². The second-order valence-electron chi connectivity index (χ2n) is 7.37. The van der Waals surface area contributed by atoms with E-state index in [9.17, 15) is 23.6 Å². The number of rotatable bonds is 13. The van der Waals surface area contributed by atoms with Crippen molar-refractivity contribution in [3.63, 3.8) is 0 Å². The number of primary amides is 1. The molecule has 13 heteroatoms. The molecule has 33 heavy (non-hydrogen) atoms. The van der Waals surface area contributed by atoms with Gasteiger partial charge >= 0.3 is 0 Å². The molecule has 0 saturated carbocycles. The first-order valence-corrected chi connectivity index (χ1v) is 10.2. The highest BCUT2D eigenvalue weighted by molar-refractivity contribution is 5.93. The molecule has 4 amide bonds. The number of carbonyl (C=O) groups excluding carboxylic acids is 4. The number of benzene rings is 1. The van der Waals surface area contributed by atoms with E-state index >= 15 is 0 Å². The molecule has 1 rings (SSSR count). The predicted octanol–water partition coefficient (Wildman–Crippen LogP) is -2.66. The largest absolute Gasteiger partial charge is 0.370 e. The molecule has 3 atom stereocenters. The molecule has 0 aliphatic heterocycles. The van der Waals surface area contributed by atoms with Crippen molar-refractivity contribution in [3.8, 4) is 0 Å². The van der Waals surface area contributed by atoms with E-state index in [4.69, 9.17) is 22.9 Å². The van der Waals surface area contributed by atoms with Crippen molar-refractivity contribution in [2.75, 3.05) is 13.1 Å². The summed E-state index contributed by atoms with van der Waals surface area (Å²) in [5.74, 6) is -3.18. The maximum atomic E-state index is 13.0. The number of amides is 4. The third-order valence-corrected chi connectivity index (χ3v) is 4.45. The second-order valence-corrected chi connectivity index (χ2v) is 7.37. The summed E-state index contributed by atoms with van der Waals surface area (Å²) in [5.41, 5.74) is 22.0. The number of hydrogen-bond acceptors (Lipinski definition) is 6. The van der Waals surface area contributed by atoms with Crippen LogP contribution in [0.15, 0.2) is 29.3 Å². The summed E-state index contributed by atoms with van der Waals surface area (Å²) < 4.78 is 13.0. The van der Waals surface area contributed by atoms with Crippen molar-refractivity contribution >= 4 is 29.6 Å². The normalized spacial score (nSPS) is 13.2. The zero-order valence-corrected chi connectivity index (χ0v) is 18.3. The number of hydrogen-bond donors (Lipinski definition) is 7. The number of halogens is 1. The Morgan fingerprint density at radius 1 is 1.00 bits per heavy atom. The Balaban J connectivity index is 2.66. The highest BCUT2D eigenvalue weighted by atomic mass is 19.1. The number of nitrogens with two attached hydrogens (primary N) is 4. The zero-order chi connectivity index (χ0) is 25.0. The van der Waals surface area contributed by atoms with Crippen LogP contribution in [0.1, 0.15) is 25.3 Å². The molecule has 11 N–H and O–H groups in total. The lowest BCUT2D eigenvalue weighted by Gasteiger charge is -2.20. The molecule has 0 aliphatic carbocycles. The van der Waals surface area contributed by atoms with E-state index in [1.54, 1.807) is 0 Å². The first-order chi connectivity index (χ1) is 15.5. The van der Waals surface area contributed by atoms with E-state index < -0.39 is 54.1 Å². The van der Waals surface area contributed by atoms with Crippen LogP contribution in [-0.2, 0) is 25.6 Å². The molecular weight excluding hydrogens is 435 g/mol. The Bertz CT molecular complexity index is 856. The van der Waals surface area contributed by atoms with Gasteiger partial charge in [-0.05, 0) is 37.5 Å². The summed E-state index contributed by atoms with van der Waals surface area (Å²) in [6, 6.07) is 2.49. The standard InChI is InChI=1S/C20H31FN8O4/c1-11(22)18(32)29-14(3-2-8-26-20(24)25)19(33)27-10-16(30)28-15(17(23)31)9-12-4-6-13(21)7-5-12/h4-7,11,14-15H,2-3,8-10,22H2,1H3,(H2,23,31)(H,27,33)(H,28,30)(H,29,32)(H4,24,25,26)/t11-,14-,15-/m0/s1. The summed E-state index contributed by atoms with van der Waals surface area (Å²) in [4.78, 5) is 52.2. The number of aliphatic imine (C=N–C) groups is 1. The van der Waals surface area contributed by atoms with Gasteiger partial charge in [-0.15, -0.1) is 0 Å². The van der Waals surface area contributed by atoms with Crippen molar-refractivity contribution in [2.45, 2.75) is 44.3 Å². The summed E-state index contributed by atoms with van der Waals surface area (Å²) in [7, 11) is 0. The van der Waals surface area contributed by atoms with Gasteiger partial charge in [0.1, 0.15) is 17.9 Å². The van der Waals surface area contributed by atoms with Crippen LogP contribution in [0.25, 0.3) is 0 Å². The minimum absolute atomic E-state index is 0.0488. The molecule has 0 radical (unpaired) electrons. The molecule has 0 fully saturated rings. The van der Waals surface area contributed by atoms with Crippen LogP contribution in [0, 0.1) is 5.82 Å². The maximum absolute atomic E-state index is 13.0. The fourth-order valence-corrected chi connectivity index (χ4v) is 2.69. The van der Waals surface area contributed by atoms with Gasteiger partial charge in [0.25, 0.3) is 0 Å². The zero-order valence-electron chi connectivity index (χ0n) is 18.3. The molecule has 12 nitrogen and oxygen atoms in total. The lowest BCUT2D eigenvalue weighted by molar-refractivity contribution is -0.131. The van der Waals surface area contributed by atoms with Gasteiger partial charge in [-0.25, -0.2) is 4.39 Å². The molecule has 0 aromatic heterocycles. The van der Waals surface area contributed by atoms with Crippen molar-refractivity contribution in [1.82, 2.24) is 16.0 Å². The van der Waals surface area contributed by atoms with Crippen LogP contribution in [0.4, 0.5) is 4.39 Å². The highest BCUT2D eigenvalue weighted by Crippen LogP contribution is 2.06. The fourth-order valence-electron chi connectivity index (χ4n) is 2.69. The van der Waals surface area contributed by atoms with Gasteiger partial charge in [0, 0.05) is 13.0 Å². The molecule has 182 valence electrons. The molecule has 0 heterocycles. The van der Waals surface area contributed by atoms with Crippen molar-refractivity contribution < 1.29 is 23.6 Å². The Labute approximate surface area is 190 Å². The van der Waals surface area contributed by atoms with E-state index in [1.807, 2.05) is 0 Å². The number of carbonyl (C=O) groups is 4. The van der Waals surface area contributed by atoms with E-state index in [2.05, 4.69) is 20.9 Å². The molecular formula is C20H31FN8O4. The Kier molecular flexibility index (Phi) is 11.3. The van der Waals surface area contributed by atoms with Crippen molar-refractivity contribution in [3.05, 3.63) is 35.6 Å². The first kappa shape index (κ1) is 27.3. The minimum atomic E-state index is -1.06. The summed E-state index contributed by atoms with van der Waals surface area (Å²) in [5, 5.41) is 7.32. The van der Waals surface area contributed by atoms with Gasteiger partial charge < -0.3 is 38.9 Å². The Morgan fingerprint density at radius 2 is 1.64 bits per heavy atom. The van der Waals surface area contributed by atoms with Crippen LogP contribution in [0.2, 0.25) is 0 Å². The monoisotopic (exact) mass is 466 g/mol. The van der Waals surface area contributed by atoms with Gasteiger partial charge in [-0.2, -0.15) is 0 Å². The Morgan fingerprint density at radius 3 is 2.18 bits per heavy atom. The minimum Gasteiger partial charge on any atom is -0.370 e. The van der Waals surface area contributed by atoms with Crippen LogP contribution in [-0.4, -0.2) is 60.8 Å². The van der Waals surface area contributed by atoms with E-state index in [1.165, 1.54) is 31.2 Å². The van der Waals surface area contributed by atoms with E-state index in [-0.39, 0.29) is 25.3 Å². The smallest absolute Gasteiger partial charge is 0.243 e.